The van der Waals surface area contributed by atoms with E-state index in [4.69, 9.17) is 0 Å². The lowest BCUT2D eigenvalue weighted by Crippen LogP contribution is -2.74. The first-order chi connectivity index (χ1) is 11.5. The van der Waals surface area contributed by atoms with E-state index in [9.17, 15) is 24.9 Å². The molecule has 25 heavy (non-hydrogen) atoms. The van der Waals surface area contributed by atoms with Gasteiger partial charge in [-0.25, -0.2) is 0 Å². The van der Waals surface area contributed by atoms with Crippen molar-refractivity contribution in [3.05, 3.63) is 12.2 Å². The Labute approximate surface area is 148 Å². The number of ketones is 1. The minimum Gasteiger partial charge on any atom is -0.481 e. The molecule has 0 heterocycles. The van der Waals surface area contributed by atoms with Crippen LogP contribution in [0, 0.1) is 28.1 Å². The summed E-state index contributed by atoms with van der Waals surface area (Å²) in [7, 11) is 0. The van der Waals surface area contributed by atoms with Gasteiger partial charge in [-0.15, -0.1) is 0 Å². The molecule has 0 aliphatic heterocycles. The number of carbonyl (C=O) groups is 2. The van der Waals surface area contributed by atoms with Gasteiger partial charge in [0, 0.05) is 5.41 Å². The lowest BCUT2D eigenvalue weighted by atomic mass is 9.38. The standard InChI is InChI=1S/C20H28O5/c1-11-12-9-14(21)20(25)18(3)7-4-6-17(2,16(23)24)13(18)5-8-19(20,10-12)15(11)22/h12-14,21,25H,1,4-10H2,2-3H3,(H,23,24)/t12-,13?,14+,17-,18-,19+,20-/m1/s1. The maximum absolute atomic E-state index is 13.1. The summed E-state index contributed by atoms with van der Waals surface area (Å²) in [5, 5.41) is 32.9. The highest BCUT2D eigenvalue weighted by Crippen LogP contribution is 2.72. The fourth-order valence-corrected chi connectivity index (χ4v) is 7.39. The average molecular weight is 348 g/mol. The number of hydrogen-bond donors (Lipinski definition) is 3. The van der Waals surface area contributed by atoms with Crippen molar-refractivity contribution >= 4 is 11.8 Å². The van der Waals surface area contributed by atoms with E-state index in [0.717, 1.165) is 0 Å². The van der Waals surface area contributed by atoms with Crippen molar-refractivity contribution in [1.29, 1.82) is 0 Å². The van der Waals surface area contributed by atoms with Crippen LogP contribution in [0.3, 0.4) is 0 Å². The van der Waals surface area contributed by atoms with E-state index >= 15 is 0 Å². The van der Waals surface area contributed by atoms with E-state index < -0.39 is 33.9 Å². The quantitative estimate of drug-likeness (QED) is 0.632. The molecule has 0 amide bonds. The Morgan fingerprint density at radius 1 is 1.24 bits per heavy atom. The molecule has 0 saturated heterocycles. The summed E-state index contributed by atoms with van der Waals surface area (Å²) in [6.07, 6.45) is 2.81. The van der Waals surface area contributed by atoms with E-state index in [1.807, 2.05) is 6.92 Å². The molecule has 4 fully saturated rings. The highest BCUT2D eigenvalue weighted by atomic mass is 16.4. The van der Waals surface area contributed by atoms with E-state index in [1.165, 1.54) is 0 Å². The van der Waals surface area contributed by atoms with Gasteiger partial charge in [0.25, 0.3) is 0 Å². The maximum atomic E-state index is 13.1. The van der Waals surface area contributed by atoms with Crippen LogP contribution in [-0.2, 0) is 9.59 Å². The lowest BCUT2D eigenvalue weighted by Gasteiger charge is -2.67. The summed E-state index contributed by atoms with van der Waals surface area (Å²) in [4.78, 5) is 25.2. The third kappa shape index (κ3) is 1.63. The van der Waals surface area contributed by atoms with Gasteiger partial charge < -0.3 is 15.3 Å². The fourth-order valence-electron chi connectivity index (χ4n) is 7.39. The number of Topliss-reactive ketones (excluding diaryl/α,β-unsaturated/α-hetero) is 1. The molecule has 3 N–H and O–H groups in total. The van der Waals surface area contributed by atoms with Crippen molar-refractivity contribution in [3.8, 4) is 0 Å². The van der Waals surface area contributed by atoms with E-state index in [1.54, 1.807) is 6.92 Å². The Hall–Kier alpha value is -1.20. The van der Waals surface area contributed by atoms with Crippen LogP contribution < -0.4 is 0 Å². The summed E-state index contributed by atoms with van der Waals surface area (Å²) in [5.74, 6) is -1.25. The number of carbonyl (C=O) groups excluding carboxylic acids is 1. The van der Waals surface area contributed by atoms with Gasteiger partial charge in [-0.1, -0.05) is 19.9 Å². The number of carboxylic acid groups (broad SMARTS) is 1. The molecule has 0 aromatic carbocycles. The Balaban J connectivity index is 1.91. The SMILES string of the molecule is C=C1C(=O)[C@@]23CCC4[C@](C)(C(=O)O)CCC[C@@]4(C)[C@]2(O)[C@@H](O)C[C@@H]1C3. The van der Waals surface area contributed by atoms with Crippen LogP contribution in [-0.4, -0.2) is 38.8 Å². The maximum Gasteiger partial charge on any atom is 0.309 e. The normalized spacial score (nSPS) is 54.8. The van der Waals surface area contributed by atoms with Crippen LogP contribution in [0.5, 0.6) is 0 Å². The smallest absolute Gasteiger partial charge is 0.309 e. The summed E-state index contributed by atoms with van der Waals surface area (Å²) in [5.41, 5.74) is -3.75. The third-order valence-corrected chi connectivity index (χ3v) is 8.68. The van der Waals surface area contributed by atoms with Crippen LogP contribution in [0.1, 0.15) is 58.8 Å². The molecule has 0 radical (unpaired) electrons. The topological polar surface area (TPSA) is 94.8 Å². The summed E-state index contributed by atoms with van der Waals surface area (Å²) in [6.45, 7) is 7.63. The molecule has 138 valence electrons. The van der Waals surface area contributed by atoms with Gasteiger partial charge in [-0.05, 0) is 62.9 Å². The van der Waals surface area contributed by atoms with Gasteiger partial charge in [-0.3, -0.25) is 9.59 Å². The van der Waals surface area contributed by atoms with Crippen molar-refractivity contribution in [2.75, 3.05) is 0 Å². The van der Waals surface area contributed by atoms with Crippen LogP contribution in [0.25, 0.3) is 0 Å². The van der Waals surface area contributed by atoms with Crippen LogP contribution >= 0.6 is 0 Å². The Kier molecular flexibility index (Phi) is 3.27. The fraction of sp³-hybridized carbons (Fsp3) is 0.800. The number of rotatable bonds is 1. The van der Waals surface area contributed by atoms with Gasteiger partial charge in [-0.2, -0.15) is 0 Å². The van der Waals surface area contributed by atoms with Gasteiger partial charge in [0.2, 0.25) is 0 Å². The summed E-state index contributed by atoms with van der Waals surface area (Å²) < 4.78 is 0. The zero-order valence-corrected chi connectivity index (χ0v) is 15.0. The molecule has 5 nitrogen and oxygen atoms in total. The van der Waals surface area contributed by atoms with Gasteiger partial charge in [0.15, 0.2) is 5.78 Å². The van der Waals surface area contributed by atoms with Crippen molar-refractivity contribution in [2.24, 2.45) is 28.1 Å². The summed E-state index contributed by atoms with van der Waals surface area (Å²) >= 11 is 0. The number of aliphatic hydroxyl groups excluding tert-OH is 1. The lowest BCUT2D eigenvalue weighted by molar-refractivity contribution is -0.290. The number of aliphatic carboxylic acids is 1. The Bertz CT molecular complexity index is 686. The van der Waals surface area contributed by atoms with Gasteiger partial charge in [0.1, 0.15) is 5.60 Å². The second-order valence-electron chi connectivity index (χ2n) is 9.44. The Morgan fingerprint density at radius 2 is 1.92 bits per heavy atom. The molecule has 4 saturated carbocycles. The molecule has 4 rings (SSSR count). The number of hydrogen-bond acceptors (Lipinski definition) is 4. The van der Waals surface area contributed by atoms with Crippen molar-refractivity contribution in [1.82, 2.24) is 0 Å². The molecule has 4 aliphatic carbocycles. The minimum absolute atomic E-state index is 0.0580. The van der Waals surface area contributed by atoms with Gasteiger partial charge >= 0.3 is 5.97 Å². The molecule has 5 heteroatoms. The molecular formula is C20H28O5. The molecule has 7 atom stereocenters. The first kappa shape index (κ1) is 17.2. The van der Waals surface area contributed by atoms with Gasteiger partial charge in [0.05, 0.1) is 16.9 Å². The monoisotopic (exact) mass is 348 g/mol. The predicted octanol–water partition coefficient (Wildman–Crippen LogP) is 2.30. The molecule has 4 aliphatic rings. The van der Waals surface area contributed by atoms with Crippen LogP contribution in [0.2, 0.25) is 0 Å². The molecule has 1 spiro atoms. The van der Waals surface area contributed by atoms with Crippen LogP contribution in [0.15, 0.2) is 12.2 Å². The highest BCUT2D eigenvalue weighted by Gasteiger charge is 2.77. The molecule has 0 aromatic rings. The number of fused-ring (bicyclic) bond motifs is 3. The van der Waals surface area contributed by atoms with Crippen molar-refractivity contribution < 1.29 is 24.9 Å². The zero-order chi connectivity index (χ0) is 18.4. The molecule has 1 unspecified atom stereocenters. The highest BCUT2D eigenvalue weighted by molar-refractivity contribution is 6.04. The second-order valence-corrected chi connectivity index (χ2v) is 9.44. The first-order valence-corrected chi connectivity index (χ1v) is 9.42. The average Bonchev–Trinajstić information content (AvgIpc) is 2.75. The number of carboxylic acids is 1. The number of aliphatic hydroxyl groups is 2. The summed E-state index contributed by atoms with van der Waals surface area (Å²) in [6, 6.07) is 0. The third-order valence-electron chi connectivity index (χ3n) is 8.68. The Morgan fingerprint density at radius 3 is 2.56 bits per heavy atom. The first-order valence-electron chi connectivity index (χ1n) is 9.42. The van der Waals surface area contributed by atoms with E-state index in [0.29, 0.717) is 50.5 Å². The largest absolute Gasteiger partial charge is 0.481 e. The molecule has 2 bridgehead atoms. The van der Waals surface area contributed by atoms with E-state index in [-0.39, 0.29) is 17.6 Å². The number of allylic oxidation sites excluding steroid dienone is 1. The minimum atomic E-state index is -1.58. The predicted molar refractivity (Wildman–Crippen MR) is 90.7 cm³/mol. The van der Waals surface area contributed by atoms with Crippen molar-refractivity contribution in [2.45, 2.75) is 70.5 Å². The zero-order valence-electron chi connectivity index (χ0n) is 15.0. The van der Waals surface area contributed by atoms with Crippen LogP contribution in [0.4, 0.5) is 0 Å². The van der Waals surface area contributed by atoms with E-state index in [2.05, 4.69) is 6.58 Å². The molecule has 0 aromatic heterocycles. The molecular weight excluding hydrogens is 320 g/mol. The second kappa shape index (κ2) is 4.74. The van der Waals surface area contributed by atoms with Crippen molar-refractivity contribution in [3.63, 3.8) is 0 Å².